The van der Waals surface area contributed by atoms with E-state index in [1.807, 2.05) is 0 Å². The number of carbonyl (C=O) groups is 1. The molecule has 0 saturated heterocycles. The topological polar surface area (TPSA) is 76.2 Å². The number of aromatic carboxylic acids is 1. The van der Waals surface area contributed by atoms with E-state index in [0.717, 1.165) is 17.4 Å². The first-order chi connectivity index (χ1) is 10.2. The van der Waals surface area contributed by atoms with Gasteiger partial charge in [-0.15, -0.1) is 0 Å². The Kier molecular flexibility index (Phi) is 2.80. The molecule has 4 rings (SSSR count). The summed E-state index contributed by atoms with van der Waals surface area (Å²) in [4.78, 5) is 15.4. The van der Waals surface area contributed by atoms with E-state index in [4.69, 9.17) is 9.63 Å². The molecule has 5 nitrogen and oxygen atoms in total. The summed E-state index contributed by atoms with van der Waals surface area (Å²) in [5, 5.41) is 13.0. The van der Waals surface area contributed by atoms with Crippen LogP contribution >= 0.6 is 0 Å². The van der Waals surface area contributed by atoms with Crippen molar-refractivity contribution in [3.05, 3.63) is 35.7 Å². The smallest absolute Gasteiger partial charge is 0.335 e. The number of aromatic nitrogens is 2. The van der Waals surface area contributed by atoms with E-state index >= 15 is 0 Å². The first-order valence-corrected chi connectivity index (χ1v) is 7.38. The molecule has 1 N–H and O–H groups in total. The predicted molar refractivity (Wildman–Crippen MR) is 74.9 cm³/mol. The highest BCUT2D eigenvalue weighted by Crippen LogP contribution is 2.52. The summed E-state index contributed by atoms with van der Waals surface area (Å²) in [5.41, 5.74) is 1.05. The standard InChI is InChI=1S/C16H16N2O3/c19-16(20)11-5-3-10(4-6-11)14-17-15(21-18-14)13-8-9-1-2-12(13)7-9/h3-6,9,12-13H,1-2,7-8H2,(H,19,20). The molecule has 0 aliphatic heterocycles. The van der Waals surface area contributed by atoms with E-state index in [-0.39, 0.29) is 5.56 Å². The molecule has 1 aromatic carbocycles. The third-order valence-corrected chi connectivity index (χ3v) is 4.89. The van der Waals surface area contributed by atoms with Crippen LogP contribution in [0.1, 0.15) is 47.8 Å². The summed E-state index contributed by atoms with van der Waals surface area (Å²) in [6.07, 6.45) is 5.10. The Morgan fingerprint density at radius 2 is 2.00 bits per heavy atom. The molecule has 2 aliphatic carbocycles. The predicted octanol–water partition coefficient (Wildman–Crippen LogP) is 3.34. The van der Waals surface area contributed by atoms with Gasteiger partial charge in [-0.25, -0.2) is 4.79 Å². The van der Waals surface area contributed by atoms with E-state index < -0.39 is 5.97 Å². The average molecular weight is 284 g/mol. The largest absolute Gasteiger partial charge is 0.478 e. The van der Waals surface area contributed by atoms with Gasteiger partial charge in [0.2, 0.25) is 11.7 Å². The lowest BCUT2D eigenvalue weighted by Crippen LogP contribution is -2.08. The van der Waals surface area contributed by atoms with Crippen molar-refractivity contribution in [2.75, 3.05) is 0 Å². The molecule has 5 heteroatoms. The summed E-state index contributed by atoms with van der Waals surface area (Å²) < 4.78 is 5.46. The third-order valence-electron chi connectivity index (χ3n) is 4.89. The van der Waals surface area contributed by atoms with Gasteiger partial charge in [-0.1, -0.05) is 23.7 Å². The zero-order valence-corrected chi connectivity index (χ0v) is 11.5. The molecule has 2 fully saturated rings. The number of fused-ring (bicyclic) bond motifs is 2. The minimum atomic E-state index is -0.933. The second kappa shape index (κ2) is 4.69. The molecule has 0 radical (unpaired) electrons. The van der Waals surface area contributed by atoms with E-state index in [1.54, 1.807) is 24.3 Å². The van der Waals surface area contributed by atoms with Gasteiger partial charge in [0.25, 0.3) is 0 Å². The SMILES string of the molecule is O=C(O)c1ccc(-c2noc(C3CC4CCC3C4)n2)cc1. The molecule has 2 bridgehead atoms. The molecule has 0 spiro atoms. The van der Waals surface area contributed by atoms with Gasteiger partial charge < -0.3 is 9.63 Å². The van der Waals surface area contributed by atoms with Crippen molar-refractivity contribution in [1.82, 2.24) is 10.1 Å². The molecule has 1 aromatic heterocycles. The summed E-state index contributed by atoms with van der Waals surface area (Å²) >= 11 is 0. The summed E-state index contributed by atoms with van der Waals surface area (Å²) in [6.45, 7) is 0. The first-order valence-electron chi connectivity index (χ1n) is 7.38. The summed E-state index contributed by atoms with van der Waals surface area (Å²) in [5.74, 6) is 2.33. The van der Waals surface area contributed by atoms with Gasteiger partial charge in [-0.2, -0.15) is 4.98 Å². The normalized spacial score (nSPS) is 27.1. The Labute approximate surface area is 122 Å². The lowest BCUT2D eigenvalue weighted by atomic mass is 9.89. The number of carboxylic acid groups (broad SMARTS) is 1. The molecule has 21 heavy (non-hydrogen) atoms. The van der Waals surface area contributed by atoms with Crippen LogP contribution in [0.3, 0.4) is 0 Å². The molecule has 2 saturated carbocycles. The number of hydrogen-bond acceptors (Lipinski definition) is 4. The number of carboxylic acids is 1. The molecule has 2 aromatic rings. The van der Waals surface area contributed by atoms with Gasteiger partial charge in [0.05, 0.1) is 5.56 Å². The average Bonchev–Trinajstić information content (AvgIpc) is 3.23. The van der Waals surface area contributed by atoms with Crippen LogP contribution in [0.5, 0.6) is 0 Å². The fourth-order valence-electron chi connectivity index (χ4n) is 3.81. The molecule has 1 heterocycles. The lowest BCUT2D eigenvalue weighted by molar-refractivity contribution is 0.0697. The fraction of sp³-hybridized carbons (Fsp3) is 0.438. The van der Waals surface area contributed by atoms with E-state index in [9.17, 15) is 4.79 Å². The zero-order valence-electron chi connectivity index (χ0n) is 11.5. The monoisotopic (exact) mass is 284 g/mol. The van der Waals surface area contributed by atoms with Gasteiger partial charge in [-0.3, -0.25) is 0 Å². The molecule has 3 atom stereocenters. The molecule has 0 amide bonds. The van der Waals surface area contributed by atoms with Crippen molar-refractivity contribution in [2.24, 2.45) is 11.8 Å². The summed E-state index contributed by atoms with van der Waals surface area (Å²) in [6, 6.07) is 6.56. The quantitative estimate of drug-likeness (QED) is 0.935. The molecule has 3 unspecified atom stereocenters. The number of nitrogens with zero attached hydrogens (tertiary/aromatic N) is 2. The Morgan fingerprint density at radius 1 is 1.19 bits per heavy atom. The molecular formula is C16H16N2O3. The Hall–Kier alpha value is -2.17. The Balaban J connectivity index is 1.58. The van der Waals surface area contributed by atoms with Crippen LogP contribution in [0.25, 0.3) is 11.4 Å². The maximum absolute atomic E-state index is 10.9. The van der Waals surface area contributed by atoms with Gasteiger partial charge in [0, 0.05) is 11.5 Å². The Morgan fingerprint density at radius 3 is 2.62 bits per heavy atom. The minimum absolute atomic E-state index is 0.260. The molecule has 2 aliphatic rings. The first kappa shape index (κ1) is 12.6. The number of rotatable bonds is 3. The second-order valence-electron chi connectivity index (χ2n) is 6.12. The van der Waals surface area contributed by atoms with Crippen LogP contribution in [0.15, 0.2) is 28.8 Å². The van der Waals surface area contributed by atoms with Crippen molar-refractivity contribution in [1.29, 1.82) is 0 Å². The highest BCUT2D eigenvalue weighted by atomic mass is 16.5. The molecular weight excluding hydrogens is 268 g/mol. The van der Waals surface area contributed by atoms with Gasteiger partial charge in [0.15, 0.2) is 0 Å². The summed E-state index contributed by atoms with van der Waals surface area (Å²) in [7, 11) is 0. The Bertz CT molecular complexity index is 677. The fourth-order valence-corrected chi connectivity index (χ4v) is 3.81. The van der Waals surface area contributed by atoms with Crippen molar-refractivity contribution in [2.45, 2.75) is 31.6 Å². The maximum atomic E-state index is 10.9. The van der Waals surface area contributed by atoms with Crippen LogP contribution < -0.4 is 0 Å². The van der Waals surface area contributed by atoms with Crippen LogP contribution in [-0.2, 0) is 0 Å². The minimum Gasteiger partial charge on any atom is -0.478 e. The van der Waals surface area contributed by atoms with Crippen molar-refractivity contribution in [3.63, 3.8) is 0 Å². The van der Waals surface area contributed by atoms with E-state index in [1.165, 1.54) is 25.7 Å². The zero-order chi connectivity index (χ0) is 14.4. The van der Waals surface area contributed by atoms with Crippen molar-refractivity contribution < 1.29 is 14.4 Å². The molecule has 108 valence electrons. The van der Waals surface area contributed by atoms with Crippen molar-refractivity contribution >= 4 is 5.97 Å². The van der Waals surface area contributed by atoms with Crippen LogP contribution in [0, 0.1) is 11.8 Å². The van der Waals surface area contributed by atoms with Crippen LogP contribution in [-0.4, -0.2) is 21.2 Å². The van der Waals surface area contributed by atoms with Gasteiger partial charge in [0.1, 0.15) is 0 Å². The van der Waals surface area contributed by atoms with Gasteiger partial charge >= 0.3 is 5.97 Å². The number of benzene rings is 1. The third kappa shape index (κ3) is 2.13. The van der Waals surface area contributed by atoms with Crippen molar-refractivity contribution in [3.8, 4) is 11.4 Å². The van der Waals surface area contributed by atoms with Crippen LogP contribution in [0.4, 0.5) is 0 Å². The van der Waals surface area contributed by atoms with E-state index in [2.05, 4.69) is 10.1 Å². The maximum Gasteiger partial charge on any atom is 0.335 e. The van der Waals surface area contributed by atoms with Gasteiger partial charge in [-0.05, 0) is 43.2 Å². The van der Waals surface area contributed by atoms with E-state index in [0.29, 0.717) is 17.7 Å². The highest BCUT2D eigenvalue weighted by molar-refractivity contribution is 5.88. The lowest BCUT2D eigenvalue weighted by Gasteiger charge is -2.16. The highest BCUT2D eigenvalue weighted by Gasteiger charge is 2.42. The second-order valence-corrected chi connectivity index (χ2v) is 6.12. The number of hydrogen-bond donors (Lipinski definition) is 1. The van der Waals surface area contributed by atoms with Crippen LogP contribution in [0.2, 0.25) is 0 Å².